The molecule has 2 atom stereocenters. The van der Waals surface area contributed by atoms with Crippen LogP contribution in [-0.2, 0) is 4.74 Å². The molecule has 4 nitrogen and oxygen atoms in total. The Morgan fingerprint density at radius 3 is 2.65 bits per heavy atom. The maximum Gasteiger partial charge on any atom is 0.169 e. The summed E-state index contributed by atoms with van der Waals surface area (Å²) in [6, 6.07) is 7.08. The Morgan fingerprint density at radius 2 is 2.05 bits per heavy atom. The topological polar surface area (TPSA) is 59.3 Å². The first-order chi connectivity index (χ1) is 9.71. The third-order valence-electron chi connectivity index (χ3n) is 4.26. The minimum atomic E-state index is -0.0101. The standard InChI is InChI=1S/C16H17NO3/c1-19-15-5-2-10(9-17)6-14(15)16(18)11-7-12-3-4-13(8-11)20-12/h2,5-6,11-13H,3-4,7-8H2,1H3. The average molecular weight is 271 g/mol. The first kappa shape index (κ1) is 13.1. The smallest absolute Gasteiger partial charge is 0.169 e. The van der Waals surface area contributed by atoms with Crippen LogP contribution in [0, 0.1) is 17.2 Å². The lowest BCUT2D eigenvalue weighted by molar-refractivity contribution is -0.0149. The number of nitrogens with zero attached hydrogens (tertiary/aromatic N) is 1. The van der Waals surface area contributed by atoms with Gasteiger partial charge in [0.05, 0.1) is 36.5 Å². The van der Waals surface area contributed by atoms with E-state index in [1.807, 2.05) is 0 Å². The summed E-state index contributed by atoms with van der Waals surface area (Å²) >= 11 is 0. The van der Waals surface area contributed by atoms with Gasteiger partial charge >= 0.3 is 0 Å². The van der Waals surface area contributed by atoms with Crippen molar-refractivity contribution < 1.29 is 14.3 Å². The van der Waals surface area contributed by atoms with Gasteiger partial charge in [0.2, 0.25) is 0 Å². The van der Waals surface area contributed by atoms with Crippen LogP contribution in [-0.4, -0.2) is 25.1 Å². The highest BCUT2D eigenvalue weighted by atomic mass is 16.5. The van der Waals surface area contributed by atoms with Gasteiger partial charge in [0.25, 0.3) is 0 Å². The Kier molecular flexibility index (Phi) is 3.45. The highest BCUT2D eigenvalue weighted by molar-refractivity contribution is 6.00. The first-order valence-electron chi connectivity index (χ1n) is 6.99. The lowest BCUT2D eigenvalue weighted by Gasteiger charge is -2.27. The molecule has 0 radical (unpaired) electrons. The van der Waals surface area contributed by atoms with Crippen LogP contribution in [0.1, 0.15) is 41.6 Å². The van der Waals surface area contributed by atoms with Gasteiger partial charge in [-0.2, -0.15) is 5.26 Å². The summed E-state index contributed by atoms with van der Waals surface area (Å²) in [5.74, 6) is 0.621. The molecule has 3 rings (SSSR count). The molecule has 4 heteroatoms. The molecule has 104 valence electrons. The minimum absolute atomic E-state index is 0.0101. The van der Waals surface area contributed by atoms with E-state index in [-0.39, 0.29) is 23.9 Å². The third kappa shape index (κ3) is 2.30. The predicted octanol–water partition coefficient (Wildman–Crippen LogP) is 2.71. The van der Waals surface area contributed by atoms with Crippen LogP contribution in [0.3, 0.4) is 0 Å². The van der Waals surface area contributed by atoms with E-state index in [0.717, 1.165) is 25.7 Å². The van der Waals surface area contributed by atoms with Gasteiger partial charge in [0.15, 0.2) is 5.78 Å². The Balaban J connectivity index is 1.88. The molecule has 0 N–H and O–H groups in total. The number of benzene rings is 1. The van der Waals surface area contributed by atoms with Gasteiger partial charge in [-0.05, 0) is 43.9 Å². The summed E-state index contributed by atoms with van der Waals surface area (Å²) in [5.41, 5.74) is 1.02. The largest absolute Gasteiger partial charge is 0.496 e. The zero-order valence-electron chi connectivity index (χ0n) is 11.5. The molecule has 2 bridgehead atoms. The highest BCUT2D eigenvalue weighted by Gasteiger charge is 2.38. The summed E-state index contributed by atoms with van der Waals surface area (Å²) in [4.78, 5) is 12.7. The van der Waals surface area contributed by atoms with Gasteiger partial charge in [0.1, 0.15) is 5.75 Å². The number of nitriles is 1. The van der Waals surface area contributed by atoms with Gasteiger partial charge in [-0.25, -0.2) is 0 Å². The molecular formula is C16H17NO3. The molecule has 2 aliphatic heterocycles. The first-order valence-corrected chi connectivity index (χ1v) is 6.99. The number of ketones is 1. The second-order valence-corrected chi connectivity index (χ2v) is 5.52. The fraction of sp³-hybridized carbons (Fsp3) is 0.500. The quantitative estimate of drug-likeness (QED) is 0.793. The Morgan fingerprint density at radius 1 is 1.35 bits per heavy atom. The maximum absolute atomic E-state index is 12.7. The fourth-order valence-electron chi connectivity index (χ4n) is 3.26. The molecule has 2 fully saturated rings. The number of rotatable bonds is 3. The van der Waals surface area contributed by atoms with Crippen molar-refractivity contribution in [3.8, 4) is 11.8 Å². The molecule has 20 heavy (non-hydrogen) atoms. The molecule has 0 amide bonds. The molecule has 2 unspecified atom stereocenters. The van der Waals surface area contributed by atoms with Crippen LogP contribution in [0.4, 0.5) is 0 Å². The van der Waals surface area contributed by atoms with E-state index in [1.165, 1.54) is 0 Å². The fourth-order valence-corrected chi connectivity index (χ4v) is 3.26. The van der Waals surface area contributed by atoms with Crippen LogP contribution in [0.5, 0.6) is 5.75 Å². The maximum atomic E-state index is 12.7. The van der Waals surface area contributed by atoms with Crippen molar-refractivity contribution >= 4 is 5.78 Å². The molecule has 0 spiro atoms. The summed E-state index contributed by atoms with van der Waals surface area (Å²) < 4.78 is 11.0. The highest BCUT2D eigenvalue weighted by Crippen LogP contribution is 2.38. The van der Waals surface area contributed by atoms with Crippen LogP contribution in [0.15, 0.2) is 18.2 Å². The van der Waals surface area contributed by atoms with Crippen molar-refractivity contribution in [2.45, 2.75) is 37.9 Å². The molecule has 2 saturated heterocycles. The number of ether oxygens (including phenoxy) is 2. The van der Waals surface area contributed by atoms with Crippen molar-refractivity contribution in [1.82, 2.24) is 0 Å². The lowest BCUT2D eigenvalue weighted by Crippen LogP contribution is -2.30. The van der Waals surface area contributed by atoms with Crippen molar-refractivity contribution in [3.05, 3.63) is 29.3 Å². The number of carbonyl (C=O) groups excluding carboxylic acids is 1. The number of fused-ring (bicyclic) bond motifs is 2. The van der Waals surface area contributed by atoms with Crippen molar-refractivity contribution in [3.63, 3.8) is 0 Å². The van der Waals surface area contributed by atoms with Crippen LogP contribution in [0.2, 0.25) is 0 Å². The van der Waals surface area contributed by atoms with Crippen molar-refractivity contribution in [1.29, 1.82) is 5.26 Å². The monoisotopic (exact) mass is 271 g/mol. The van der Waals surface area contributed by atoms with E-state index in [9.17, 15) is 4.79 Å². The van der Waals surface area contributed by atoms with E-state index in [2.05, 4.69) is 6.07 Å². The van der Waals surface area contributed by atoms with Crippen molar-refractivity contribution in [2.24, 2.45) is 5.92 Å². The number of hydrogen-bond acceptors (Lipinski definition) is 4. The third-order valence-corrected chi connectivity index (χ3v) is 4.26. The lowest BCUT2D eigenvalue weighted by atomic mass is 9.87. The van der Waals surface area contributed by atoms with E-state index in [1.54, 1.807) is 25.3 Å². The number of Topliss-reactive ketones (excluding diaryl/α,β-unsaturated/α-hetero) is 1. The average Bonchev–Trinajstić information content (AvgIpc) is 2.84. The Bertz CT molecular complexity index is 564. The molecule has 0 saturated carbocycles. The molecule has 1 aromatic rings. The summed E-state index contributed by atoms with van der Waals surface area (Å²) in [5, 5.41) is 8.99. The molecule has 0 aromatic heterocycles. The van der Waals surface area contributed by atoms with Gasteiger partial charge in [-0.1, -0.05) is 0 Å². The zero-order chi connectivity index (χ0) is 14.1. The van der Waals surface area contributed by atoms with Gasteiger partial charge in [-0.3, -0.25) is 4.79 Å². The van der Waals surface area contributed by atoms with Crippen molar-refractivity contribution in [2.75, 3.05) is 7.11 Å². The molecule has 1 aromatic carbocycles. The Labute approximate surface area is 118 Å². The minimum Gasteiger partial charge on any atom is -0.496 e. The summed E-state index contributed by atoms with van der Waals surface area (Å²) in [6.07, 6.45) is 4.15. The van der Waals surface area contributed by atoms with Gasteiger partial charge in [-0.15, -0.1) is 0 Å². The Hall–Kier alpha value is -1.86. The van der Waals surface area contributed by atoms with Crippen LogP contribution < -0.4 is 4.74 Å². The second-order valence-electron chi connectivity index (χ2n) is 5.52. The van der Waals surface area contributed by atoms with Gasteiger partial charge < -0.3 is 9.47 Å². The molecule has 0 aliphatic carbocycles. The van der Waals surface area contributed by atoms with Crippen LogP contribution >= 0.6 is 0 Å². The summed E-state index contributed by atoms with van der Waals surface area (Å²) in [7, 11) is 1.55. The van der Waals surface area contributed by atoms with E-state index in [4.69, 9.17) is 14.7 Å². The van der Waals surface area contributed by atoms with E-state index >= 15 is 0 Å². The second kappa shape index (κ2) is 5.26. The normalized spacial score (nSPS) is 27.9. The van der Waals surface area contributed by atoms with Gasteiger partial charge in [0, 0.05) is 5.92 Å². The molecular weight excluding hydrogens is 254 g/mol. The molecule has 2 aliphatic rings. The number of carbonyl (C=O) groups is 1. The van der Waals surface area contributed by atoms with E-state index in [0.29, 0.717) is 16.9 Å². The van der Waals surface area contributed by atoms with E-state index < -0.39 is 0 Å². The number of methoxy groups -OCH3 is 1. The predicted molar refractivity (Wildman–Crippen MR) is 72.7 cm³/mol. The number of hydrogen-bond donors (Lipinski definition) is 0. The SMILES string of the molecule is COc1ccc(C#N)cc1C(=O)C1CC2CCC(C1)O2. The van der Waals surface area contributed by atoms with Crippen LogP contribution in [0.25, 0.3) is 0 Å². The summed E-state index contributed by atoms with van der Waals surface area (Å²) in [6.45, 7) is 0. The molecule has 2 heterocycles. The zero-order valence-corrected chi connectivity index (χ0v) is 11.5.